The van der Waals surface area contributed by atoms with Crippen molar-refractivity contribution >= 4 is 17.7 Å². The van der Waals surface area contributed by atoms with E-state index in [1.54, 1.807) is 0 Å². The first-order chi connectivity index (χ1) is 7.93. The first-order valence-electron chi connectivity index (χ1n) is 5.56. The summed E-state index contributed by atoms with van der Waals surface area (Å²) in [7, 11) is 0. The number of hydrogen-bond acceptors (Lipinski definition) is 0. The molecule has 0 saturated carbocycles. The Kier molecular flexibility index (Phi) is 1.39. The van der Waals surface area contributed by atoms with Crippen molar-refractivity contribution in [3.05, 3.63) is 75.7 Å². The molecule has 2 aromatic rings. The van der Waals surface area contributed by atoms with Crippen molar-refractivity contribution in [3.63, 3.8) is 0 Å². The largest absolute Gasteiger partial charge is 0.0616 e. The van der Waals surface area contributed by atoms with Crippen LogP contribution < -0.4 is 10.4 Å². The standard InChI is InChI=1S/C16H10/c1-3-7-14-11(5-1)9-13-10-12-6-2-4-8-15(12)16(13)14/h1-10H. The summed E-state index contributed by atoms with van der Waals surface area (Å²) in [4.78, 5) is 0. The van der Waals surface area contributed by atoms with E-state index in [1.165, 1.54) is 32.7 Å². The first-order valence-corrected chi connectivity index (χ1v) is 5.56. The topological polar surface area (TPSA) is 0 Å². The van der Waals surface area contributed by atoms with Gasteiger partial charge in [-0.15, -0.1) is 0 Å². The third-order valence-corrected chi connectivity index (χ3v) is 3.37. The van der Waals surface area contributed by atoms with Gasteiger partial charge in [-0.3, -0.25) is 0 Å². The molecule has 0 N–H and O–H groups in total. The van der Waals surface area contributed by atoms with Gasteiger partial charge in [0.1, 0.15) is 0 Å². The number of rotatable bonds is 0. The Balaban J connectivity index is 2.22. The molecular weight excluding hydrogens is 192 g/mol. The maximum Gasteiger partial charge on any atom is -0.00264 e. The molecule has 0 bridgehead atoms. The summed E-state index contributed by atoms with van der Waals surface area (Å²) in [5.41, 5.74) is 5.49. The van der Waals surface area contributed by atoms with Gasteiger partial charge >= 0.3 is 0 Å². The molecule has 0 radical (unpaired) electrons. The molecule has 0 aliphatic heterocycles. The van der Waals surface area contributed by atoms with Crippen molar-refractivity contribution in [2.75, 3.05) is 0 Å². The Labute approximate surface area is 93.9 Å². The van der Waals surface area contributed by atoms with Crippen molar-refractivity contribution in [1.82, 2.24) is 0 Å². The minimum Gasteiger partial charge on any atom is -0.0616 e. The molecule has 0 heteroatoms. The zero-order valence-corrected chi connectivity index (χ0v) is 8.77. The molecule has 0 aromatic heterocycles. The van der Waals surface area contributed by atoms with Gasteiger partial charge in [-0.25, -0.2) is 0 Å². The highest BCUT2D eigenvalue weighted by atomic mass is 14.2. The molecule has 74 valence electrons. The van der Waals surface area contributed by atoms with Gasteiger partial charge < -0.3 is 0 Å². The summed E-state index contributed by atoms with van der Waals surface area (Å²) < 4.78 is 0. The fourth-order valence-electron chi connectivity index (χ4n) is 2.68. The van der Waals surface area contributed by atoms with Crippen molar-refractivity contribution in [3.8, 4) is 0 Å². The van der Waals surface area contributed by atoms with Crippen LogP contribution in [0.2, 0.25) is 0 Å². The van der Waals surface area contributed by atoms with Gasteiger partial charge in [0.05, 0.1) is 0 Å². The highest BCUT2D eigenvalue weighted by Crippen LogP contribution is 2.34. The van der Waals surface area contributed by atoms with E-state index in [2.05, 4.69) is 60.7 Å². The Hall–Kier alpha value is -2.08. The van der Waals surface area contributed by atoms with Gasteiger partial charge in [0.25, 0.3) is 0 Å². The van der Waals surface area contributed by atoms with E-state index >= 15 is 0 Å². The number of hydrogen-bond donors (Lipinski definition) is 0. The Morgan fingerprint density at radius 1 is 0.688 bits per heavy atom. The van der Waals surface area contributed by atoms with Gasteiger partial charge in [0.15, 0.2) is 0 Å². The smallest absolute Gasteiger partial charge is 0.00264 e. The molecule has 0 amide bonds. The van der Waals surface area contributed by atoms with Crippen LogP contribution in [0.3, 0.4) is 0 Å². The summed E-state index contributed by atoms with van der Waals surface area (Å²) in [5, 5.41) is 2.72. The second kappa shape index (κ2) is 2.73. The lowest BCUT2D eigenvalue weighted by Gasteiger charge is -2.00. The molecule has 0 heterocycles. The van der Waals surface area contributed by atoms with Crippen molar-refractivity contribution in [2.24, 2.45) is 0 Å². The van der Waals surface area contributed by atoms with Gasteiger partial charge in [-0.1, -0.05) is 48.5 Å². The van der Waals surface area contributed by atoms with Gasteiger partial charge in [-0.05, 0) is 44.9 Å². The van der Waals surface area contributed by atoms with Crippen LogP contribution in [0.5, 0.6) is 0 Å². The van der Waals surface area contributed by atoms with E-state index in [4.69, 9.17) is 0 Å². The molecule has 4 rings (SSSR count). The van der Waals surface area contributed by atoms with E-state index in [1.807, 2.05) is 0 Å². The summed E-state index contributed by atoms with van der Waals surface area (Å²) in [6.45, 7) is 0. The third-order valence-electron chi connectivity index (χ3n) is 3.37. The van der Waals surface area contributed by atoms with Crippen LogP contribution in [-0.2, 0) is 0 Å². The molecule has 0 unspecified atom stereocenters. The van der Waals surface area contributed by atoms with E-state index in [-0.39, 0.29) is 0 Å². The molecule has 16 heavy (non-hydrogen) atoms. The quantitative estimate of drug-likeness (QED) is 0.613. The van der Waals surface area contributed by atoms with Crippen LogP contribution >= 0.6 is 0 Å². The Morgan fingerprint density at radius 2 is 1.50 bits per heavy atom. The van der Waals surface area contributed by atoms with Crippen LogP contribution in [0, 0.1) is 0 Å². The minimum atomic E-state index is 1.35. The molecule has 0 fully saturated rings. The SMILES string of the molecule is C1=C2C=c3ccccc3=C2c2ccccc21. The van der Waals surface area contributed by atoms with E-state index < -0.39 is 0 Å². The first kappa shape index (κ1) is 8.12. The minimum absolute atomic E-state index is 1.35. The third kappa shape index (κ3) is 0.892. The molecule has 2 aromatic carbocycles. The molecule has 0 nitrogen and oxygen atoms in total. The molecule has 0 atom stereocenters. The van der Waals surface area contributed by atoms with Gasteiger partial charge in [-0.2, -0.15) is 0 Å². The summed E-state index contributed by atoms with van der Waals surface area (Å²) in [6, 6.07) is 17.2. The molecule has 0 saturated heterocycles. The van der Waals surface area contributed by atoms with Crippen LogP contribution in [0.4, 0.5) is 0 Å². The average molecular weight is 202 g/mol. The second-order valence-electron chi connectivity index (χ2n) is 4.29. The monoisotopic (exact) mass is 202 g/mol. The molecule has 0 spiro atoms. The molecule has 2 aliphatic carbocycles. The maximum atomic E-state index is 2.28. The van der Waals surface area contributed by atoms with Crippen LogP contribution in [0.25, 0.3) is 17.7 Å². The van der Waals surface area contributed by atoms with Crippen molar-refractivity contribution in [1.29, 1.82) is 0 Å². The highest BCUT2D eigenvalue weighted by Gasteiger charge is 2.20. The average Bonchev–Trinajstić information content (AvgIpc) is 2.83. The number of allylic oxidation sites excluding steroid dienone is 1. The van der Waals surface area contributed by atoms with Crippen LogP contribution in [-0.4, -0.2) is 0 Å². The predicted molar refractivity (Wildman–Crippen MR) is 67.1 cm³/mol. The zero-order chi connectivity index (χ0) is 10.5. The summed E-state index contributed by atoms with van der Waals surface area (Å²) in [6.07, 6.45) is 4.56. The molecule has 2 aliphatic rings. The molecular formula is C16H10. The van der Waals surface area contributed by atoms with E-state index in [0.717, 1.165) is 0 Å². The summed E-state index contributed by atoms with van der Waals surface area (Å²) >= 11 is 0. The van der Waals surface area contributed by atoms with Gasteiger partial charge in [0.2, 0.25) is 0 Å². The lowest BCUT2D eigenvalue weighted by atomic mass is 10.0. The predicted octanol–water partition coefficient (Wildman–Crippen LogP) is 2.08. The normalized spacial score (nSPS) is 15.0. The fourth-order valence-corrected chi connectivity index (χ4v) is 2.68. The van der Waals surface area contributed by atoms with Crippen molar-refractivity contribution in [2.45, 2.75) is 0 Å². The van der Waals surface area contributed by atoms with E-state index in [0.29, 0.717) is 0 Å². The lowest BCUT2D eigenvalue weighted by molar-refractivity contribution is 1.51. The zero-order valence-electron chi connectivity index (χ0n) is 8.77. The fraction of sp³-hybridized carbons (Fsp3) is 0. The van der Waals surface area contributed by atoms with Gasteiger partial charge in [0, 0.05) is 0 Å². The Morgan fingerprint density at radius 3 is 2.50 bits per heavy atom. The van der Waals surface area contributed by atoms with E-state index in [9.17, 15) is 0 Å². The maximum absolute atomic E-state index is 2.28. The Bertz CT molecular complexity index is 746. The highest BCUT2D eigenvalue weighted by molar-refractivity contribution is 6.02. The van der Waals surface area contributed by atoms with Crippen molar-refractivity contribution < 1.29 is 0 Å². The number of benzene rings is 2. The van der Waals surface area contributed by atoms with Crippen LogP contribution in [0.15, 0.2) is 54.1 Å². The van der Waals surface area contributed by atoms with Crippen LogP contribution in [0.1, 0.15) is 11.1 Å². The summed E-state index contributed by atoms with van der Waals surface area (Å²) in [5.74, 6) is 0. The second-order valence-corrected chi connectivity index (χ2v) is 4.29. The number of fused-ring (bicyclic) bond motifs is 4. The lowest BCUT2D eigenvalue weighted by Crippen LogP contribution is -2.22.